The smallest absolute Gasteiger partial charge is 0.201 e. The molecular formula is C26H31N5O2. The lowest BCUT2D eigenvalue weighted by Gasteiger charge is -2.14. The van der Waals surface area contributed by atoms with Crippen LogP contribution in [0.3, 0.4) is 0 Å². The Balaban J connectivity index is 1.61. The summed E-state index contributed by atoms with van der Waals surface area (Å²) in [6.07, 6.45) is 1.59. The van der Waals surface area contributed by atoms with E-state index < -0.39 is 0 Å². The van der Waals surface area contributed by atoms with E-state index in [0.29, 0.717) is 19.0 Å². The van der Waals surface area contributed by atoms with Crippen LogP contribution in [0.2, 0.25) is 0 Å². The fourth-order valence-electron chi connectivity index (χ4n) is 4.05. The van der Waals surface area contributed by atoms with E-state index in [1.54, 1.807) is 7.11 Å². The highest BCUT2D eigenvalue weighted by Gasteiger charge is 2.13. The third kappa shape index (κ3) is 5.09. The van der Waals surface area contributed by atoms with Gasteiger partial charge in [-0.05, 0) is 73.7 Å². The highest BCUT2D eigenvalue weighted by Crippen LogP contribution is 2.25. The quantitative estimate of drug-likeness (QED) is 0.357. The number of fused-ring (bicyclic) bond motifs is 1. The van der Waals surface area contributed by atoms with Crippen LogP contribution in [0.4, 0.5) is 11.6 Å². The molecule has 33 heavy (non-hydrogen) atoms. The van der Waals surface area contributed by atoms with Crippen LogP contribution >= 0.6 is 0 Å². The fourth-order valence-corrected chi connectivity index (χ4v) is 4.05. The number of rotatable bonds is 9. The average Bonchev–Trinajstić information content (AvgIpc) is 3.11. The van der Waals surface area contributed by atoms with Gasteiger partial charge in [0.25, 0.3) is 0 Å². The second-order valence-corrected chi connectivity index (χ2v) is 8.32. The number of aliphatic hydroxyl groups excluding tert-OH is 1. The van der Waals surface area contributed by atoms with Gasteiger partial charge in [0, 0.05) is 24.5 Å². The Hall–Kier alpha value is -3.58. The van der Waals surface area contributed by atoms with Crippen molar-refractivity contribution in [3.8, 4) is 5.75 Å². The summed E-state index contributed by atoms with van der Waals surface area (Å²) in [4.78, 5) is 9.18. The molecule has 4 N–H and O–H groups in total. The van der Waals surface area contributed by atoms with Crippen LogP contribution in [0, 0.1) is 13.8 Å². The van der Waals surface area contributed by atoms with Gasteiger partial charge in [-0.2, -0.15) is 0 Å². The lowest BCUT2D eigenvalue weighted by molar-refractivity contribution is 0.288. The van der Waals surface area contributed by atoms with Crippen LogP contribution < -0.4 is 15.8 Å². The molecule has 0 saturated heterocycles. The minimum Gasteiger partial charge on any atom is -0.495 e. The predicted molar refractivity (Wildman–Crippen MR) is 133 cm³/mol. The van der Waals surface area contributed by atoms with Crippen molar-refractivity contribution in [2.75, 3.05) is 24.8 Å². The lowest BCUT2D eigenvalue weighted by Crippen LogP contribution is -2.08. The normalized spacial score (nSPS) is 11.2. The SMILES string of the molecule is COc1ccc(C)nc1Cn1c(N)nc2ccc(CNc3cc(C)ccc3CCCO)cc21. The van der Waals surface area contributed by atoms with Crippen LogP contribution in [0.25, 0.3) is 11.0 Å². The summed E-state index contributed by atoms with van der Waals surface area (Å²) in [5.41, 5.74) is 14.5. The van der Waals surface area contributed by atoms with Crippen LogP contribution in [0.15, 0.2) is 48.5 Å². The minimum atomic E-state index is 0.190. The van der Waals surface area contributed by atoms with Gasteiger partial charge >= 0.3 is 0 Å². The first kappa shape index (κ1) is 22.6. The van der Waals surface area contributed by atoms with Gasteiger partial charge in [-0.1, -0.05) is 18.2 Å². The van der Waals surface area contributed by atoms with Gasteiger partial charge in [0.1, 0.15) is 11.4 Å². The van der Waals surface area contributed by atoms with Crippen LogP contribution in [-0.2, 0) is 19.5 Å². The van der Waals surface area contributed by atoms with Gasteiger partial charge in [0.2, 0.25) is 5.95 Å². The van der Waals surface area contributed by atoms with Crippen LogP contribution in [0.5, 0.6) is 5.75 Å². The summed E-state index contributed by atoms with van der Waals surface area (Å²) in [5, 5.41) is 12.8. The zero-order chi connectivity index (χ0) is 23.4. The molecule has 0 aliphatic heterocycles. The Kier molecular flexibility index (Phi) is 6.79. The maximum absolute atomic E-state index is 9.21. The monoisotopic (exact) mass is 445 g/mol. The van der Waals surface area contributed by atoms with Crippen molar-refractivity contribution in [3.05, 3.63) is 76.6 Å². The van der Waals surface area contributed by atoms with Crippen LogP contribution in [-0.4, -0.2) is 33.4 Å². The molecule has 2 aromatic carbocycles. The molecule has 0 saturated carbocycles. The molecule has 7 nitrogen and oxygen atoms in total. The minimum absolute atomic E-state index is 0.190. The molecule has 4 rings (SSSR count). The van der Waals surface area contributed by atoms with Gasteiger partial charge in [0.05, 0.1) is 24.7 Å². The average molecular weight is 446 g/mol. The number of aliphatic hydroxyl groups is 1. The van der Waals surface area contributed by atoms with E-state index in [0.717, 1.165) is 52.3 Å². The number of aromatic nitrogens is 3. The molecule has 0 radical (unpaired) electrons. The standard InChI is InChI=1S/C26H31N5O2/c1-17-6-9-20(5-4-12-32)22(13-17)28-15-19-8-10-21-24(14-19)31(26(27)30-21)16-23-25(33-3)11-7-18(2)29-23/h6-11,13-14,28,32H,4-5,12,15-16H2,1-3H3,(H2,27,30). The third-order valence-electron chi connectivity index (χ3n) is 5.79. The first-order valence-electron chi connectivity index (χ1n) is 11.2. The summed E-state index contributed by atoms with van der Waals surface area (Å²) in [6, 6.07) is 16.5. The van der Waals surface area contributed by atoms with E-state index in [4.69, 9.17) is 10.5 Å². The molecule has 2 heterocycles. The zero-order valence-electron chi connectivity index (χ0n) is 19.4. The predicted octanol–water partition coefficient (Wildman–Crippen LogP) is 4.22. The molecule has 0 spiro atoms. The number of pyridine rings is 1. The molecule has 0 atom stereocenters. The number of nitrogens with zero attached hydrogens (tertiary/aromatic N) is 3. The Morgan fingerprint density at radius 3 is 2.70 bits per heavy atom. The summed E-state index contributed by atoms with van der Waals surface area (Å²) in [5.74, 6) is 1.18. The molecule has 0 amide bonds. The van der Waals surface area contributed by atoms with E-state index in [1.807, 2.05) is 29.7 Å². The number of anilines is 2. The van der Waals surface area contributed by atoms with Crippen molar-refractivity contribution in [3.63, 3.8) is 0 Å². The number of hydrogen-bond donors (Lipinski definition) is 3. The van der Waals surface area contributed by atoms with Gasteiger partial charge in [-0.3, -0.25) is 4.98 Å². The zero-order valence-corrected chi connectivity index (χ0v) is 19.4. The topological polar surface area (TPSA) is 98.2 Å². The molecule has 0 fully saturated rings. The number of methoxy groups -OCH3 is 1. The highest BCUT2D eigenvalue weighted by molar-refractivity contribution is 5.79. The number of benzene rings is 2. The van der Waals surface area contributed by atoms with Gasteiger partial charge < -0.3 is 25.5 Å². The summed E-state index contributed by atoms with van der Waals surface area (Å²) in [6.45, 7) is 5.38. The Morgan fingerprint density at radius 2 is 1.91 bits per heavy atom. The first-order valence-corrected chi connectivity index (χ1v) is 11.2. The van der Waals surface area contributed by atoms with Crippen molar-refractivity contribution >= 4 is 22.7 Å². The number of nitrogen functional groups attached to an aromatic ring is 1. The van der Waals surface area contributed by atoms with Crippen LogP contribution in [0.1, 0.15) is 34.5 Å². The molecule has 0 bridgehead atoms. The molecule has 4 aromatic rings. The summed E-state index contributed by atoms with van der Waals surface area (Å²) in [7, 11) is 1.65. The van der Waals surface area contributed by atoms with Crippen molar-refractivity contribution in [1.29, 1.82) is 0 Å². The van der Waals surface area contributed by atoms with E-state index in [-0.39, 0.29) is 6.61 Å². The molecule has 172 valence electrons. The van der Waals surface area contributed by atoms with Crippen molar-refractivity contribution in [2.45, 2.75) is 39.8 Å². The molecule has 0 unspecified atom stereocenters. The highest BCUT2D eigenvalue weighted by atomic mass is 16.5. The van der Waals surface area contributed by atoms with Crippen molar-refractivity contribution in [1.82, 2.24) is 14.5 Å². The number of nitrogens with two attached hydrogens (primary N) is 1. The molecule has 0 aliphatic rings. The van der Waals surface area contributed by atoms with E-state index >= 15 is 0 Å². The molecule has 2 aromatic heterocycles. The van der Waals surface area contributed by atoms with E-state index in [1.165, 1.54) is 11.1 Å². The summed E-state index contributed by atoms with van der Waals surface area (Å²) >= 11 is 0. The third-order valence-corrected chi connectivity index (χ3v) is 5.79. The van der Waals surface area contributed by atoms with Gasteiger partial charge in [0.15, 0.2) is 0 Å². The largest absolute Gasteiger partial charge is 0.495 e. The van der Waals surface area contributed by atoms with E-state index in [9.17, 15) is 5.11 Å². The first-order chi connectivity index (χ1) is 16.0. The Morgan fingerprint density at radius 1 is 1.06 bits per heavy atom. The molecule has 7 heteroatoms. The number of hydrogen-bond acceptors (Lipinski definition) is 6. The second kappa shape index (κ2) is 9.92. The Bertz CT molecular complexity index is 1270. The fraction of sp³-hybridized carbons (Fsp3) is 0.308. The van der Waals surface area contributed by atoms with Gasteiger partial charge in [-0.25, -0.2) is 4.98 Å². The summed E-state index contributed by atoms with van der Waals surface area (Å²) < 4.78 is 7.47. The maximum Gasteiger partial charge on any atom is 0.201 e. The number of nitrogens with one attached hydrogen (secondary N) is 1. The Labute approximate surface area is 194 Å². The number of aryl methyl sites for hydroxylation is 3. The molecular weight excluding hydrogens is 414 g/mol. The maximum atomic E-state index is 9.21. The van der Waals surface area contributed by atoms with E-state index in [2.05, 4.69) is 52.5 Å². The van der Waals surface area contributed by atoms with Gasteiger partial charge in [-0.15, -0.1) is 0 Å². The van der Waals surface area contributed by atoms with Crippen molar-refractivity contribution < 1.29 is 9.84 Å². The second-order valence-electron chi connectivity index (χ2n) is 8.32. The number of imidazole rings is 1. The van der Waals surface area contributed by atoms with Crippen molar-refractivity contribution in [2.24, 2.45) is 0 Å². The molecule has 0 aliphatic carbocycles. The number of ether oxygens (including phenoxy) is 1. The lowest BCUT2D eigenvalue weighted by atomic mass is 10.0.